The van der Waals surface area contributed by atoms with Crippen molar-refractivity contribution in [3.63, 3.8) is 0 Å². The van der Waals surface area contributed by atoms with Gasteiger partial charge in [0.15, 0.2) is 0 Å². The van der Waals surface area contributed by atoms with Crippen molar-refractivity contribution in [2.75, 3.05) is 25.1 Å². The molecule has 2 rings (SSSR count). The quantitative estimate of drug-likeness (QED) is 0.858. The SMILES string of the molecule is COC1CN(c2ccccc2/C=C/C(=O)O)CCC1C. The lowest BCUT2D eigenvalue weighted by Gasteiger charge is -2.38. The summed E-state index contributed by atoms with van der Waals surface area (Å²) in [6, 6.07) is 7.87. The number of carbonyl (C=O) groups is 1. The maximum Gasteiger partial charge on any atom is 0.328 e. The van der Waals surface area contributed by atoms with Crippen molar-refractivity contribution in [1.29, 1.82) is 0 Å². The second-order valence-electron chi connectivity index (χ2n) is 5.22. The molecule has 2 atom stereocenters. The Labute approximate surface area is 119 Å². The van der Waals surface area contributed by atoms with Crippen LogP contribution in [0.3, 0.4) is 0 Å². The maximum atomic E-state index is 10.7. The lowest BCUT2D eigenvalue weighted by Crippen LogP contribution is -2.44. The number of anilines is 1. The molecule has 1 aromatic carbocycles. The number of methoxy groups -OCH3 is 1. The summed E-state index contributed by atoms with van der Waals surface area (Å²) in [5, 5.41) is 8.77. The van der Waals surface area contributed by atoms with Crippen LogP contribution >= 0.6 is 0 Å². The lowest BCUT2D eigenvalue weighted by atomic mass is 9.95. The van der Waals surface area contributed by atoms with Gasteiger partial charge in [-0.1, -0.05) is 25.1 Å². The summed E-state index contributed by atoms with van der Waals surface area (Å²) < 4.78 is 5.54. The van der Waals surface area contributed by atoms with Crippen molar-refractivity contribution < 1.29 is 14.6 Å². The molecule has 0 amide bonds. The van der Waals surface area contributed by atoms with E-state index in [4.69, 9.17) is 9.84 Å². The topological polar surface area (TPSA) is 49.8 Å². The number of hydrogen-bond donors (Lipinski definition) is 1. The number of ether oxygens (including phenoxy) is 1. The van der Waals surface area contributed by atoms with Gasteiger partial charge in [-0.2, -0.15) is 0 Å². The molecule has 1 N–H and O–H groups in total. The Balaban J connectivity index is 2.22. The van der Waals surface area contributed by atoms with Crippen LogP contribution in [0.4, 0.5) is 5.69 Å². The van der Waals surface area contributed by atoms with Crippen LogP contribution in [-0.2, 0) is 9.53 Å². The fraction of sp³-hybridized carbons (Fsp3) is 0.438. The summed E-state index contributed by atoms with van der Waals surface area (Å²) in [7, 11) is 1.75. The van der Waals surface area contributed by atoms with E-state index in [1.54, 1.807) is 13.2 Å². The molecule has 20 heavy (non-hydrogen) atoms. The third-order valence-corrected chi connectivity index (χ3v) is 3.88. The number of piperidine rings is 1. The van der Waals surface area contributed by atoms with E-state index in [2.05, 4.69) is 11.8 Å². The first-order valence-corrected chi connectivity index (χ1v) is 6.89. The van der Waals surface area contributed by atoms with Gasteiger partial charge in [0.1, 0.15) is 0 Å². The maximum absolute atomic E-state index is 10.7. The largest absolute Gasteiger partial charge is 0.478 e. The normalized spacial score (nSPS) is 23.2. The summed E-state index contributed by atoms with van der Waals surface area (Å²) in [6.45, 7) is 4.02. The Morgan fingerprint density at radius 1 is 1.45 bits per heavy atom. The predicted molar refractivity (Wildman–Crippen MR) is 79.9 cm³/mol. The zero-order valence-electron chi connectivity index (χ0n) is 12.0. The molecular formula is C16H21NO3. The monoisotopic (exact) mass is 275 g/mol. The third kappa shape index (κ3) is 3.39. The number of nitrogens with zero attached hydrogens (tertiary/aromatic N) is 1. The molecule has 1 aromatic rings. The molecule has 0 aromatic heterocycles. The molecule has 1 heterocycles. The molecule has 4 heteroatoms. The summed E-state index contributed by atoms with van der Waals surface area (Å²) in [5.41, 5.74) is 2.00. The molecule has 1 aliphatic rings. The third-order valence-electron chi connectivity index (χ3n) is 3.88. The van der Waals surface area contributed by atoms with Crippen molar-refractivity contribution in [2.45, 2.75) is 19.4 Å². The number of carboxylic acids is 1. The minimum Gasteiger partial charge on any atom is -0.478 e. The highest BCUT2D eigenvalue weighted by Gasteiger charge is 2.26. The summed E-state index contributed by atoms with van der Waals surface area (Å²) in [6.07, 6.45) is 4.13. The number of carboxylic acid groups (broad SMARTS) is 1. The average Bonchev–Trinajstić information content (AvgIpc) is 2.46. The van der Waals surface area contributed by atoms with Crippen molar-refractivity contribution in [3.05, 3.63) is 35.9 Å². The van der Waals surface area contributed by atoms with E-state index in [9.17, 15) is 4.79 Å². The van der Waals surface area contributed by atoms with Crippen LogP contribution in [0.15, 0.2) is 30.3 Å². The van der Waals surface area contributed by atoms with Gasteiger partial charge in [-0.15, -0.1) is 0 Å². The molecule has 108 valence electrons. The minimum atomic E-state index is -0.929. The van der Waals surface area contributed by atoms with Crippen LogP contribution in [0.25, 0.3) is 6.08 Å². The van der Waals surface area contributed by atoms with Crippen molar-refractivity contribution in [2.24, 2.45) is 5.92 Å². The average molecular weight is 275 g/mol. The molecule has 4 nitrogen and oxygen atoms in total. The van der Waals surface area contributed by atoms with Gasteiger partial charge in [0, 0.05) is 32.0 Å². The van der Waals surface area contributed by atoms with E-state index in [0.717, 1.165) is 30.8 Å². The van der Waals surface area contributed by atoms with Gasteiger partial charge in [-0.25, -0.2) is 4.79 Å². The first-order chi connectivity index (χ1) is 9.61. The van der Waals surface area contributed by atoms with Gasteiger partial charge in [0.05, 0.1) is 6.10 Å². The second-order valence-corrected chi connectivity index (χ2v) is 5.22. The Bertz CT molecular complexity index is 498. The molecule has 0 saturated carbocycles. The van der Waals surface area contributed by atoms with Gasteiger partial charge < -0.3 is 14.7 Å². The lowest BCUT2D eigenvalue weighted by molar-refractivity contribution is -0.131. The fourth-order valence-corrected chi connectivity index (χ4v) is 2.64. The van der Waals surface area contributed by atoms with Gasteiger partial charge in [0.25, 0.3) is 0 Å². The van der Waals surface area contributed by atoms with Crippen LogP contribution in [0.5, 0.6) is 0 Å². The van der Waals surface area contributed by atoms with E-state index in [-0.39, 0.29) is 6.10 Å². The molecule has 0 bridgehead atoms. The molecule has 0 aliphatic carbocycles. The molecular weight excluding hydrogens is 254 g/mol. The van der Waals surface area contributed by atoms with Gasteiger partial charge in [-0.05, 0) is 30.0 Å². The number of para-hydroxylation sites is 1. The van der Waals surface area contributed by atoms with Crippen LogP contribution in [0.2, 0.25) is 0 Å². The van der Waals surface area contributed by atoms with Gasteiger partial charge in [0.2, 0.25) is 0 Å². The number of rotatable bonds is 4. The van der Waals surface area contributed by atoms with E-state index in [1.165, 1.54) is 6.08 Å². The van der Waals surface area contributed by atoms with Crippen LogP contribution in [-0.4, -0.2) is 37.4 Å². The minimum absolute atomic E-state index is 0.222. The van der Waals surface area contributed by atoms with Crippen LogP contribution in [0, 0.1) is 5.92 Å². The number of hydrogen-bond acceptors (Lipinski definition) is 3. The zero-order valence-corrected chi connectivity index (χ0v) is 12.0. The highest BCUT2D eigenvalue weighted by Crippen LogP contribution is 2.28. The van der Waals surface area contributed by atoms with Crippen LogP contribution < -0.4 is 4.90 Å². The van der Waals surface area contributed by atoms with E-state index in [0.29, 0.717) is 5.92 Å². The van der Waals surface area contributed by atoms with E-state index >= 15 is 0 Å². The molecule has 0 spiro atoms. The molecule has 1 aliphatic heterocycles. The first-order valence-electron chi connectivity index (χ1n) is 6.89. The molecule has 0 radical (unpaired) electrons. The summed E-state index contributed by atoms with van der Waals surface area (Å²) >= 11 is 0. The van der Waals surface area contributed by atoms with Crippen LogP contribution in [0.1, 0.15) is 18.9 Å². The fourth-order valence-electron chi connectivity index (χ4n) is 2.64. The summed E-state index contributed by atoms with van der Waals surface area (Å²) in [5.74, 6) is -0.375. The van der Waals surface area contributed by atoms with Crippen molar-refractivity contribution in [3.8, 4) is 0 Å². The highest BCUT2D eigenvalue weighted by molar-refractivity contribution is 5.87. The highest BCUT2D eigenvalue weighted by atomic mass is 16.5. The summed E-state index contributed by atoms with van der Waals surface area (Å²) in [4.78, 5) is 13.0. The Hall–Kier alpha value is -1.81. The second kappa shape index (κ2) is 6.57. The molecule has 1 fully saturated rings. The standard InChI is InChI=1S/C16H21NO3/c1-12-9-10-17(11-15(12)20-2)14-6-4-3-5-13(14)7-8-16(18)19/h3-8,12,15H,9-11H2,1-2H3,(H,18,19)/b8-7+. The van der Waals surface area contributed by atoms with Gasteiger partial charge in [-0.3, -0.25) is 0 Å². The van der Waals surface area contributed by atoms with E-state index in [1.807, 2.05) is 24.3 Å². The number of benzene rings is 1. The molecule has 2 unspecified atom stereocenters. The Morgan fingerprint density at radius 2 is 2.20 bits per heavy atom. The molecule has 1 saturated heterocycles. The zero-order chi connectivity index (χ0) is 14.5. The first kappa shape index (κ1) is 14.6. The van der Waals surface area contributed by atoms with E-state index < -0.39 is 5.97 Å². The van der Waals surface area contributed by atoms with Gasteiger partial charge >= 0.3 is 5.97 Å². The predicted octanol–water partition coefficient (Wildman–Crippen LogP) is 2.65. The Morgan fingerprint density at radius 3 is 2.90 bits per heavy atom. The smallest absolute Gasteiger partial charge is 0.328 e. The Kier molecular flexibility index (Phi) is 4.79. The van der Waals surface area contributed by atoms with Crippen molar-refractivity contribution >= 4 is 17.7 Å². The number of aliphatic carboxylic acids is 1. The van der Waals surface area contributed by atoms with Crippen molar-refractivity contribution in [1.82, 2.24) is 0 Å².